The molecule has 1 aromatic heterocycles. The molecular formula is C16H25N3O3. The monoisotopic (exact) mass is 307 g/mol. The van der Waals surface area contributed by atoms with Crippen molar-refractivity contribution < 1.29 is 9.53 Å². The molecule has 1 aliphatic heterocycles. The summed E-state index contributed by atoms with van der Waals surface area (Å²) in [4.78, 5) is 25.9. The number of nitrogens with zero attached hydrogens (tertiary/aromatic N) is 2. The van der Waals surface area contributed by atoms with Crippen LogP contribution in [0.4, 0.5) is 0 Å². The molecule has 0 aromatic carbocycles. The third-order valence-electron chi connectivity index (χ3n) is 3.88. The highest BCUT2D eigenvalue weighted by Crippen LogP contribution is 2.13. The summed E-state index contributed by atoms with van der Waals surface area (Å²) in [5, 5.41) is 2.90. The van der Waals surface area contributed by atoms with Crippen molar-refractivity contribution in [3.8, 4) is 0 Å². The highest BCUT2D eigenvalue weighted by atomic mass is 16.5. The molecule has 1 amide bonds. The van der Waals surface area contributed by atoms with Gasteiger partial charge in [-0.25, -0.2) is 0 Å². The first-order chi connectivity index (χ1) is 10.5. The van der Waals surface area contributed by atoms with Gasteiger partial charge in [-0.05, 0) is 26.8 Å². The van der Waals surface area contributed by atoms with E-state index in [2.05, 4.69) is 31.0 Å². The normalized spacial score (nSPS) is 24.0. The second-order valence-electron chi connectivity index (χ2n) is 6.03. The maximum atomic E-state index is 12.0. The number of carbonyl (C=O) groups is 1. The molecule has 0 aliphatic carbocycles. The Morgan fingerprint density at radius 2 is 2.05 bits per heavy atom. The number of aromatic nitrogens is 1. The van der Waals surface area contributed by atoms with Crippen LogP contribution in [0, 0.1) is 0 Å². The smallest absolute Gasteiger partial charge is 0.250 e. The Labute approximate surface area is 131 Å². The lowest BCUT2D eigenvalue weighted by Crippen LogP contribution is -2.52. The minimum absolute atomic E-state index is 0.0578. The molecule has 0 radical (unpaired) electrons. The van der Waals surface area contributed by atoms with E-state index >= 15 is 0 Å². The van der Waals surface area contributed by atoms with Crippen LogP contribution < -0.4 is 10.9 Å². The SMILES string of the molecule is CC1CN(C(C)CNC(=O)Cn2ccccc2=O)CC(C)O1. The molecule has 0 bridgehead atoms. The predicted molar refractivity (Wildman–Crippen MR) is 84.8 cm³/mol. The predicted octanol–water partition coefficient (Wildman–Crippen LogP) is 0.462. The Kier molecular flexibility index (Phi) is 5.74. The van der Waals surface area contributed by atoms with Crippen LogP contribution in [0.25, 0.3) is 0 Å². The first-order valence-electron chi connectivity index (χ1n) is 7.77. The topological polar surface area (TPSA) is 63.6 Å². The Morgan fingerprint density at radius 1 is 1.36 bits per heavy atom. The van der Waals surface area contributed by atoms with Gasteiger partial charge < -0.3 is 14.6 Å². The van der Waals surface area contributed by atoms with Crippen LogP contribution in [0.3, 0.4) is 0 Å². The average molecular weight is 307 g/mol. The largest absolute Gasteiger partial charge is 0.373 e. The summed E-state index contributed by atoms with van der Waals surface area (Å²) in [5.74, 6) is -0.144. The summed E-state index contributed by atoms with van der Waals surface area (Å²) in [6, 6.07) is 5.10. The molecule has 1 aromatic rings. The minimum atomic E-state index is -0.165. The van der Waals surface area contributed by atoms with E-state index in [9.17, 15) is 9.59 Å². The molecule has 1 aliphatic rings. The van der Waals surface area contributed by atoms with Gasteiger partial charge in [-0.3, -0.25) is 14.5 Å². The number of ether oxygens (including phenoxy) is 1. The van der Waals surface area contributed by atoms with Crippen molar-refractivity contribution in [1.29, 1.82) is 0 Å². The minimum Gasteiger partial charge on any atom is -0.373 e. The molecule has 1 N–H and O–H groups in total. The van der Waals surface area contributed by atoms with Crippen molar-refractivity contribution in [2.45, 2.75) is 45.6 Å². The molecule has 3 atom stereocenters. The summed E-state index contributed by atoms with van der Waals surface area (Å²) >= 11 is 0. The Hall–Kier alpha value is -1.66. The number of morpholine rings is 1. The Balaban J connectivity index is 1.80. The van der Waals surface area contributed by atoms with Gasteiger partial charge in [-0.2, -0.15) is 0 Å². The van der Waals surface area contributed by atoms with Crippen LogP contribution in [-0.4, -0.2) is 53.3 Å². The van der Waals surface area contributed by atoms with Gasteiger partial charge >= 0.3 is 0 Å². The van der Waals surface area contributed by atoms with Gasteiger partial charge in [0.05, 0.1) is 12.2 Å². The van der Waals surface area contributed by atoms with E-state index < -0.39 is 0 Å². The molecule has 122 valence electrons. The molecule has 22 heavy (non-hydrogen) atoms. The summed E-state index contributed by atoms with van der Waals surface area (Å²) in [5.41, 5.74) is -0.165. The molecule has 0 spiro atoms. The summed E-state index contributed by atoms with van der Waals surface area (Å²) in [7, 11) is 0. The lowest BCUT2D eigenvalue weighted by Gasteiger charge is -2.39. The van der Waals surface area contributed by atoms with Gasteiger partial charge in [0.15, 0.2) is 0 Å². The Bertz CT molecular complexity index is 548. The number of hydrogen-bond donors (Lipinski definition) is 1. The van der Waals surface area contributed by atoms with Crippen LogP contribution in [0.5, 0.6) is 0 Å². The average Bonchev–Trinajstić information content (AvgIpc) is 2.46. The number of rotatable bonds is 5. The van der Waals surface area contributed by atoms with Gasteiger partial charge in [0, 0.05) is 37.9 Å². The van der Waals surface area contributed by atoms with Crippen LogP contribution in [0.1, 0.15) is 20.8 Å². The van der Waals surface area contributed by atoms with Crippen molar-refractivity contribution in [3.63, 3.8) is 0 Å². The molecule has 1 fully saturated rings. The molecule has 2 heterocycles. The quantitative estimate of drug-likeness (QED) is 0.858. The van der Waals surface area contributed by atoms with Crippen LogP contribution in [-0.2, 0) is 16.1 Å². The highest BCUT2D eigenvalue weighted by molar-refractivity contribution is 5.75. The maximum Gasteiger partial charge on any atom is 0.250 e. The summed E-state index contributed by atoms with van der Waals surface area (Å²) in [6.07, 6.45) is 2.05. The Morgan fingerprint density at radius 3 is 2.68 bits per heavy atom. The van der Waals surface area contributed by atoms with Gasteiger partial charge in [-0.1, -0.05) is 6.07 Å². The zero-order valence-corrected chi connectivity index (χ0v) is 13.5. The number of carbonyl (C=O) groups excluding carboxylic acids is 1. The second-order valence-corrected chi connectivity index (χ2v) is 6.03. The van der Waals surface area contributed by atoms with Crippen LogP contribution in [0.2, 0.25) is 0 Å². The van der Waals surface area contributed by atoms with Crippen LogP contribution in [0.15, 0.2) is 29.2 Å². The molecule has 3 unspecified atom stereocenters. The molecule has 2 rings (SSSR count). The second kappa shape index (κ2) is 7.56. The fourth-order valence-corrected chi connectivity index (χ4v) is 2.77. The van der Waals surface area contributed by atoms with Crippen molar-refractivity contribution in [2.24, 2.45) is 0 Å². The van der Waals surface area contributed by atoms with Crippen molar-refractivity contribution >= 4 is 5.91 Å². The first-order valence-corrected chi connectivity index (χ1v) is 7.77. The third-order valence-corrected chi connectivity index (χ3v) is 3.88. The molecule has 6 nitrogen and oxygen atoms in total. The number of amides is 1. The molecule has 1 saturated heterocycles. The van der Waals surface area contributed by atoms with Crippen molar-refractivity contribution in [2.75, 3.05) is 19.6 Å². The van der Waals surface area contributed by atoms with Gasteiger partial charge in [0.25, 0.3) is 5.56 Å². The van der Waals surface area contributed by atoms with E-state index in [1.807, 2.05) is 0 Å². The first kappa shape index (κ1) is 16.7. The zero-order chi connectivity index (χ0) is 16.1. The third kappa shape index (κ3) is 4.68. The lowest BCUT2D eigenvalue weighted by atomic mass is 10.1. The number of pyridine rings is 1. The van der Waals surface area contributed by atoms with Gasteiger partial charge in [0.1, 0.15) is 6.54 Å². The molecule has 0 saturated carbocycles. The fourth-order valence-electron chi connectivity index (χ4n) is 2.77. The van der Waals surface area contributed by atoms with E-state index in [-0.39, 0.29) is 36.3 Å². The maximum absolute atomic E-state index is 12.0. The van der Waals surface area contributed by atoms with E-state index in [0.717, 1.165) is 13.1 Å². The number of nitrogens with one attached hydrogen (secondary N) is 1. The highest BCUT2D eigenvalue weighted by Gasteiger charge is 2.25. The molecule has 6 heteroatoms. The summed E-state index contributed by atoms with van der Waals surface area (Å²) < 4.78 is 7.12. The van der Waals surface area contributed by atoms with Crippen molar-refractivity contribution in [1.82, 2.24) is 14.8 Å². The van der Waals surface area contributed by atoms with E-state index in [1.54, 1.807) is 18.3 Å². The van der Waals surface area contributed by atoms with Crippen LogP contribution >= 0.6 is 0 Å². The summed E-state index contributed by atoms with van der Waals surface area (Å²) in [6.45, 7) is 8.60. The van der Waals surface area contributed by atoms with Gasteiger partial charge in [0.2, 0.25) is 5.91 Å². The fraction of sp³-hybridized carbons (Fsp3) is 0.625. The molecular weight excluding hydrogens is 282 g/mol. The number of hydrogen-bond acceptors (Lipinski definition) is 4. The van der Waals surface area contributed by atoms with E-state index in [0.29, 0.717) is 6.54 Å². The lowest BCUT2D eigenvalue weighted by molar-refractivity contribution is -0.122. The van der Waals surface area contributed by atoms with Gasteiger partial charge in [-0.15, -0.1) is 0 Å². The standard InChI is InChI=1S/C16H25N3O3/c1-12(19-9-13(2)22-14(3)10-19)8-17-15(20)11-18-7-5-4-6-16(18)21/h4-7,12-14H,8-11H2,1-3H3,(H,17,20). The van der Waals surface area contributed by atoms with E-state index in [1.165, 1.54) is 10.6 Å². The zero-order valence-electron chi connectivity index (χ0n) is 13.5. The van der Waals surface area contributed by atoms with E-state index in [4.69, 9.17) is 4.74 Å². The van der Waals surface area contributed by atoms with Crippen molar-refractivity contribution in [3.05, 3.63) is 34.7 Å².